The first-order valence-electron chi connectivity index (χ1n) is 8.82. The van der Waals surface area contributed by atoms with Gasteiger partial charge in [-0.05, 0) is 49.8 Å². The lowest BCUT2D eigenvalue weighted by molar-refractivity contribution is 0.0810. The molecule has 5 heteroatoms. The maximum absolute atomic E-state index is 13.2. The highest BCUT2D eigenvalue weighted by Crippen LogP contribution is 2.41. The maximum atomic E-state index is 13.2. The Balaban J connectivity index is 2.20. The van der Waals surface area contributed by atoms with Crippen molar-refractivity contribution in [3.63, 3.8) is 0 Å². The van der Waals surface area contributed by atoms with Crippen LogP contribution < -0.4 is 4.74 Å². The first kappa shape index (κ1) is 18.5. The molecule has 1 atom stereocenters. The molecule has 1 heterocycles. The second kappa shape index (κ2) is 7.17. The van der Waals surface area contributed by atoms with Crippen LogP contribution in [0.15, 0.2) is 43.1 Å². The summed E-state index contributed by atoms with van der Waals surface area (Å²) in [6.45, 7) is 10.1. The van der Waals surface area contributed by atoms with Gasteiger partial charge >= 0.3 is 0 Å². The number of aromatic nitrogens is 1. The summed E-state index contributed by atoms with van der Waals surface area (Å²) in [5.74, 6) is 0.807. The maximum Gasteiger partial charge on any atom is 0.191 e. The van der Waals surface area contributed by atoms with Crippen LogP contribution in [0.5, 0.6) is 5.75 Å². The van der Waals surface area contributed by atoms with E-state index in [0.717, 1.165) is 28.1 Å². The summed E-state index contributed by atoms with van der Waals surface area (Å²) in [6.07, 6.45) is 4.37. The van der Waals surface area contributed by atoms with E-state index in [0.29, 0.717) is 18.4 Å². The van der Waals surface area contributed by atoms with Crippen molar-refractivity contribution in [2.75, 3.05) is 7.11 Å². The van der Waals surface area contributed by atoms with E-state index < -0.39 is 14.4 Å². The van der Waals surface area contributed by atoms with Crippen molar-refractivity contribution in [3.05, 3.63) is 59.8 Å². The predicted octanol–water partition coefficient (Wildman–Crippen LogP) is 4.44. The van der Waals surface area contributed by atoms with Gasteiger partial charge in [0.25, 0.3) is 0 Å². The van der Waals surface area contributed by atoms with Gasteiger partial charge in [0.1, 0.15) is 11.9 Å². The topological polar surface area (TPSA) is 48.4 Å². The summed E-state index contributed by atoms with van der Waals surface area (Å²) in [4.78, 5) is 17.7. The molecule has 1 aliphatic rings. The van der Waals surface area contributed by atoms with Gasteiger partial charge in [-0.2, -0.15) is 0 Å². The molecule has 0 amide bonds. The second-order valence-electron chi connectivity index (χ2n) is 7.47. The SMILES string of the molecule is C=CCc1cc(-c2ccccn2)c2c(c1OC)CC(O[Si](C)(C)C)C2=O. The number of carbonyl (C=O) groups is 1. The van der Waals surface area contributed by atoms with Gasteiger partial charge < -0.3 is 9.16 Å². The Hall–Kier alpha value is -2.24. The molecular formula is C21H25NO3Si. The highest BCUT2D eigenvalue weighted by molar-refractivity contribution is 6.70. The van der Waals surface area contributed by atoms with E-state index >= 15 is 0 Å². The fourth-order valence-electron chi connectivity index (χ4n) is 3.50. The Morgan fingerprint density at radius 1 is 1.35 bits per heavy atom. The minimum absolute atomic E-state index is 0.0338. The number of carbonyl (C=O) groups excluding carboxylic acids is 1. The molecular weight excluding hydrogens is 342 g/mol. The third-order valence-corrected chi connectivity index (χ3v) is 5.38. The lowest BCUT2D eigenvalue weighted by Gasteiger charge is -2.21. The summed E-state index contributed by atoms with van der Waals surface area (Å²) < 4.78 is 11.9. The number of benzene rings is 1. The monoisotopic (exact) mass is 367 g/mol. The van der Waals surface area contributed by atoms with Crippen molar-refractivity contribution in [2.45, 2.75) is 38.6 Å². The molecule has 3 rings (SSSR count). The molecule has 4 nitrogen and oxygen atoms in total. The van der Waals surface area contributed by atoms with Crippen molar-refractivity contribution in [2.24, 2.45) is 0 Å². The van der Waals surface area contributed by atoms with Gasteiger partial charge in [-0.25, -0.2) is 0 Å². The quantitative estimate of drug-likeness (QED) is 0.559. The van der Waals surface area contributed by atoms with Gasteiger partial charge in [0, 0.05) is 29.3 Å². The van der Waals surface area contributed by atoms with Crippen LogP contribution in [-0.4, -0.2) is 32.3 Å². The molecule has 0 fully saturated rings. The van der Waals surface area contributed by atoms with Gasteiger partial charge in [0.15, 0.2) is 14.1 Å². The molecule has 0 N–H and O–H groups in total. The van der Waals surface area contributed by atoms with Crippen LogP contribution in [0.1, 0.15) is 21.5 Å². The molecule has 0 aliphatic heterocycles. The van der Waals surface area contributed by atoms with Gasteiger partial charge in [0.05, 0.1) is 12.8 Å². The van der Waals surface area contributed by atoms with Crippen LogP contribution in [0, 0.1) is 0 Å². The number of allylic oxidation sites excluding steroid dienone is 1. The van der Waals surface area contributed by atoms with Crippen LogP contribution in [-0.2, 0) is 17.3 Å². The standard InChI is InChI=1S/C21H25NO3Si/c1-6-9-14-12-15(17-10-7-8-11-22-17)19-16(21(14)24-2)13-18(20(19)23)25-26(3,4)5/h6-8,10-12,18H,1,9,13H2,2-5H3. The van der Waals surface area contributed by atoms with Gasteiger partial charge in [-0.3, -0.25) is 9.78 Å². The largest absolute Gasteiger partial charge is 0.496 e. The van der Waals surface area contributed by atoms with E-state index in [9.17, 15) is 4.79 Å². The average molecular weight is 368 g/mol. The number of rotatable bonds is 6. The van der Waals surface area contributed by atoms with Crippen LogP contribution in [0.4, 0.5) is 0 Å². The molecule has 1 aliphatic carbocycles. The number of ketones is 1. The highest BCUT2D eigenvalue weighted by Gasteiger charge is 2.39. The summed E-state index contributed by atoms with van der Waals surface area (Å²) in [7, 11) is -0.197. The Morgan fingerprint density at radius 3 is 2.69 bits per heavy atom. The molecule has 0 saturated heterocycles. The lowest BCUT2D eigenvalue weighted by atomic mass is 9.94. The molecule has 1 aromatic heterocycles. The van der Waals surface area contributed by atoms with Crippen molar-refractivity contribution in [3.8, 4) is 17.0 Å². The molecule has 0 radical (unpaired) electrons. The zero-order chi connectivity index (χ0) is 18.9. The first-order valence-corrected chi connectivity index (χ1v) is 12.2. The summed E-state index contributed by atoms with van der Waals surface area (Å²) in [5.41, 5.74) is 4.28. The molecule has 0 saturated carbocycles. The van der Waals surface area contributed by atoms with Crippen molar-refractivity contribution in [1.29, 1.82) is 0 Å². The van der Waals surface area contributed by atoms with E-state index in [2.05, 4.69) is 31.2 Å². The number of hydrogen-bond acceptors (Lipinski definition) is 4. The molecule has 1 unspecified atom stereocenters. The summed E-state index contributed by atoms with van der Waals surface area (Å²) in [5, 5.41) is 0. The van der Waals surface area contributed by atoms with Crippen LogP contribution in [0.25, 0.3) is 11.3 Å². The molecule has 2 aromatic rings. The van der Waals surface area contributed by atoms with Crippen molar-refractivity contribution in [1.82, 2.24) is 4.98 Å². The molecule has 0 spiro atoms. The highest BCUT2D eigenvalue weighted by atomic mass is 28.4. The number of methoxy groups -OCH3 is 1. The molecule has 0 bridgehead atoms. The minimum atomic E-state index is -1.85. The number of ether oxygens (including phenoxy) is 1. The van der Waals surface area contributed by atoms with E-state index in [1.54, 1.807) is 13.3 Å². The summed E-state index contributed by atoms with van der Waals surface area (Å²) in [6, 6.07) is 7.74. The number of nitrogens with zero attached hydrogens (tertiary/aromatic N) is 1. The third-order valence-electron chi connectivity index (χ3n) is 4.39. The van der Waals surface area contributed by atoms with Crippen LogP contribution >= 0.6 is 0 Å². The molecule has 136 valence electrons. The Morgan fingerprint density at radius 2 is 2.12 bits per heavy atom. The average Bonchev–Trinajstić information content (AvgIpc) is 2.90. The zero-order valence-corrected chi connectivity index (χ0v) is 16.8. The van der Waals surface area contributed by atoms with Crippen LogP contribution in [0.2, 0.25) is 19.6 Å². The van der Waals surface area contributed by atoms with E-state index in [1.165, 1.54) is 0 Å². The second-order valence-corrected chi connectivity index (χ2v) is 11.9. The Labute approximate surface area is 156 Å². The summed E-state index contributed by atoms with van der Waals surface area (Å²) >= 11 is 0. The van der Waals surface area contributed by atoms with E-state index in [1.807, 2.05) is 30.3 Å². The van der Waals surface area contributed by atoms with Crippen molar-refractivity contribution < 1.29 is 14.0 Å². The third kappa shape index (κ3) is 3.50. The first-order chi connectivity index (χ1) is 12.4. The number of pyridine rings is 1. The van der Waals surface area contributed by atoms with E-state index in [4.69, 9.17) is 9.16 Å². The zero-order valence-electron chi connectivity index (χ0n) is 15.8. The number of hydrogen-bond donors (Lipinski definition) is 0. The van der Waals surface area contributed by atoms with Crippen molar-refractivity contribution >= 4 is 14.1 Å². The number of fused-ring (bicyclic) bond motifs is 1. The van der Waals surface area contributed by atoms with Gasteiger partial charge in [0.2, 0.25) is 0 Å². The number of Topliss-reactive ketones (excluding diaryl/α,β-unsaturated/α-hetero) is 1. The minimum Gasteiger partial charge on any atom is -0.496 e. The predicted molar refractivity (Wildman–Crippen MR) is 106 cm³/mol. The van der Waals surface area contributed by atoms with E-state index in [-0.39, 0.29) is 5.78 Å². The van der Waals surface area contributed by atoms with Gasteiger partial charge in [-0.1, -0.05) is 12.1 Å². The molecule has 1 aromatic carbocycles. The molecule has 26 heavy (non-hydrogen) atoms. The Bertz CT molecular complexity index is 841. The fraction of sp³-hybridized carbons (Fsp3) is 0.333. The lowest BCUT2D eigenvalue weighted by Crippen LogP contribution is -2.35. The Kier molecular flexibility index (Phi) is 5.12. The van der Waals surface area contributed by atoms with Gasteiger partial charge in [-0.15, -0.1) is 6.58 Å². The van der Waals surface area contributed by atoms with Crippen LogP contribution in [0.3, 0.4) is 0 Å². The smallest absolute Gasteiger partial charge is 0.191 e. The fourth-order valence-corrected chi connectivity index (χ4v) is 4.55. The normalized spacial score (nSPS) is 16.5.